The van der Waals surface area contributed by atoms with Crippen molar-refractivity contribution in [3.8, 4) is 5.75 Å². The van der Waals surface area contributed by atoms with Gasteiger partial charge in [-0.3, -0.25) is 4.79 Å². The van der Waals surface area contributed by atoms with Gasteiger partial charge in [-0.2, -0.15) is 0 Å². The summed E-state index contributed by atoms with van der Waals surface area (Å²) in [6, 6.07) is 15.4. The van der Waals surface area contributed by atoms with Crippen LogP contribution in [0, 0.1) is 6.92 Å². The fourth-order valence-electron chi connectivity index (χ4n) is 1.97. The van der Waals surface area contributed by atoms with Gasteiger partial charge in [-0.05, 0) is 48.9 Å². The van der Waals surface area contributed by atoms with Crippen LogP contribution in [0.15, 0.2) is 48.5 Å². The van der Waals surface area contributed by atoms with Gasteiger partial charge in [-0.15, -0.1) is 0 Å². The number of carbonyl (C=O) groups is 1. The average molecular weight is 284 g/mol. The van der Waals surface area contributed by atoms with Crippen LogP contribution < -0.4 is 15.4 Å². The maximum absolute atomic E-state index is 11.8. The first-order valence-electron chi connectivity index (χ1n) is 6.92. The summed E-state index contributed by atoms with van der Waals surface area (Å²) in [6.07, 6.45) is 0.417. The van der Waals surface area contributed by atoms with E-state index in [-0.39, 0.29) is 5.91 Å². The Morgan fingerprint density at radius 2 is 1.86 bits per heavy atom. The summed E-state index contributed by atoms with van der Waals surface area (Å²) in [4.78, 5) is 11.8. The highest BCUT2D eigenvalue weighted by Crippen LogP contribution is 2.15. The van der Waals surface area contributed by atoms with Gasteiger partial charge in [0.1, 0.15) is 5.75 Å². The molecule has 0 saturated heterocycles. The Kier molecular flexibility index (Phi) is 5.21. The smallest absolute Gasteiger partial charge is 0.226 e. The van der Waals surface area contributed by atoms with Gasteiger partial charge in [-0.1, -0.05) is 12.1 Å². The van der Waals surface area contributed by atoms with Crippen LogP contribution in [0.25, 0.3) is 0 Å². The van der Waals surface area contributed by atoms with Crippen LogP contribution in [0.5, 0.6) is 5.75 Å². The van der Waals surface area contributed by atoms with Gasteiger partial charge >= 0.3 is 0 Å². The normalized spacial score (nSPS) is 10.0. The zero-order valence-corrected chi connectivity index (χ0v) is 12.3. The van der Waals surface area contributed by atoms with E-state index in [1.807, 2.05) is 49.4 Å². The molecular formula is C17H20N2O2. The Hall–Kier alpha value is -2.49. The van der Waals surface area contributed by atoms with E-state index in [4.69, 9.17) is 4.74 Å². The number of rotatable bonds is 6. The first kappa shape index (κ1) is 14.9. The SMILES string of the molecule is COc1ccc(NC(=O)CCNc2cccc(C)c2)cc1. The number of carbonyl (C=O) groups excluding carboxylic acids is 1. The maximum Gasteiger partial charge on any atom is 0.226 e. The molecule has 0 radical (unpaired) electrons. The van der Waals surface area contributed by atoms with E-state index in [0.29, 0.717) is 13.0 Å². The molecule has 0 aromatic heterocycles. The second kappa shape index (κ2) is 7.33. The minimum atomic E-state index is -0.0136. The van der Waals surface area contributed by atoms with Gasteiger partial charge < -0.3 is 15.4 Å². The molecular weight excluding hydrogens is 264 g/mol. The molecule has 1 amide bonds. The lowest BCUT2D eigenvalue weighted by Crippen LogP contribution is -2.16. The molecule has 0 aliphatic rings. The molecule has 0 bridgehead atoms. The zero-order valence-electron chi connectivity index (χ0n) is 12.3. The first-order valence-corrected chi connectivity index (χ1v) is 6.92. The van der Waals surface area contributed by atoms with Gasteiger partial charge in [0.25, 0.3) is 0 Å². The van der Waals surface area contributed by atoms with E-state index in [1.165, 1.54) is 5.56 Å². The predicted octanol–water partition coefficient (Wildman–Crippen LogP) is 3.44. The summed E-state index contributed by atoms with van der Waals surface area (Å²) in [7, 11) is 1.62. The fourth-order valence-corrected chi connectivity index (χ4v) is 1.97. The largest absolute Gasteiger partial charge is 0.497 e. The van der Waals surface area contributed by atoms with Crippen molar-refractivity contribution in [2.24, 2.45) is 0 Å². The number of methoxy groups -OCH3 is 1. The molecule has 0 spiro atoms. The maximum atomic E-state index is 11.8. The van der Waals surface area contributed by atoms with Gasteiger partial charge in [0.05, 0.1) is 7.11 Å². The summed E-state index contributed by atoms with van der Waals surface area (Å²) in [5.74, 6) is 0.759. The second-order valence-corrected chi connectivity index (χ2v) is 4.82. The Bertz CT molecular complexity index is 594. The number of aryl methyl sites for hydroxylation is 1. The van der Waals surface area contributed by atoms with Crippen molar-refractivity contribution in [2.75, 3.05) is 24.3 Å². The van der Waals surface area contributed by atoms with Gasteiger partial charge in [-0.25, -0.2) is 0 Å². The minimum absolute atomic E-state index is 0.0136. The third kappa shape index (κ3) is 4.84. The van der Waals surface area contributed by atoms with Crippen molar-refractivity contribution >= 4 is 17.3 Å². The van der Waals surface area contributed by atoms with Crippen LogP contribution in [0.4, 0.5) is 11.4 Å². The van der Waals surface area contributed by atoms with Crippen molar-refractivity contribution < 1.29 is 9.53 Å². The van der Waals surface area contributed by atoms with E-state index >= 15 is 0 Å². The first-order chi connectivity index (χ1) is 10.2. The topological polar surface area (TPSA) is 50.4 Å². The Balaban J connectivity index is 1.76. The molecule has 0 unspecified atom stereocenters. The third-order valence-corrected chi connectivity index (χ3v) is 3.07. The minimum Gasteiger partial charge on any atom is -0.497 e. The lowest BCUT2D eigenvalue weighted by atomic mass is 10.2. The summed E-state index contributed by atoms with van der Waals surface area (Å²) in [5, 5.41) is 6.10. The number of anilines is 2. The number of ether oxygens (including phenoxy) is 1. The molecule has 2 rings (SSSR count). The van der Waals surface area contributed by atoms with Crippen LogP contribution >= 0.6 is 0 Å². The fraction of sp³-hybridized carbons (Fsp3) is 0.235. The van der Waals surface area contributed by atoms with Crippen molar-refractivity contribution in [2.45, 2.75) is 13.3 Å². The summed E-state index contributed by atoms with van der Waals surface area (Å²) >= 11 is 0. The van der Waals surface area contributed by atoms with E-state index in [2.05, 4.69) is 16.7 Å². The molecule has 2 N–H and O–H groups in total. The van der Waals surface area contributed by atoms with E-state index < -0.39 is 0 Å². The molecule has 4 heteroatoms. The van der Waals surface area contributed by atoms with Crippen molar-refractivity contribution in [1.82, 2.24) is 0 Å². The number of hydrogen-bond acceptors (Lipinski definition) is 3. The Morgan fingerprint density at radius 1 is 1.10 bits per heavy atom. The van der Waals surface area contributed by atoms with Crippen LogP contribution in [0.2, 0.25) is 0 Å². The highest BCUT2D eigenvalue weighted by Gasteiger charge is 2.02. The van der Waals surface area contributed by atoms with Gasteiger partial charge in [0, 0.05) is 24.3 Å². The lowest BCUT2D eigenvalue weighted by Gasteiger charge is -2.08. The molecule has 0 fully saturated rings. The molecule has 21 heavy (non-hydrogen) atoms. The van der Waals surface area contributed by atoms with Crippen molar-refractivity contribution in [3.63, 3.8) is 0 Å². The quantitative estimate of drug-likeness (QED) is 0.854. The van der Waals surface area contributed by atoms with Crippen molar-refractivity contribution in [1.29, 1.82) is 0 Å². The monoisotopic (exact) mass is 284 g/mol. The van der Waals surface area contributed by atoms with Gasteiger partial charge in [0.2, 0.25) is 5.91 Å². The number of nitrogens with one attached hydrogen (secondary N) is 2. The molecule has 2 aromatic carbocycles. The van der Waals surface area contributed by atoms with Crippen LogP contribution in [0.1, 0.15) is 12.0 Å². The molecule has 4 nitrogen and oxygen atoms in total. The summed E-state index contributed by atoms with van der Waals surface area (Å²) in [6.45, 7) is 2.65. The summed E-state index contributed by atoms with van der Waals surface area (Å²) in [5.41, 5.74) is 3.01. The molecule has 0 aliphatic heterocycles. The van der Waals surface area contributed by atoms with E-state index in [1.54, 1.807) is 7.11 Å². The average Bonchev–Trinajstić information content (AvgIpc) is 2.48. The number of hydrogen-bond donors (Lipinski definition) is 2. The summed E-state index contributed by atoms with van der Waals surface area (Å²) < 4.78 is 5.07. The van der Waals surface area contributed by atoms with Crippen LogP contribution in [-0.2, 0) is 4.79 Å². The van der Waals surface area contributed by atoms with E-state index in [0.717, 1.165) is 17.1 Å². The molecule has 110 valence electrons. The zero-order chi connectivity index (χ0) is 15.1. The van der Waals surface area contributed by atoms with Gasteiger partial charge in [0.15, 0.2) is 0 Å². The van der Waals surface area contributed by atoms with Crippen LogP contribution in [0.3, 0.4) is 0 Å². The molecule has 0 aliphatic carbocycles. The van der Waals surface area contributed by atoms with Crippen molar-refractivity contribution in [3.05, 3.63) is 54.1 Å². The number of benzene rings is 2. The lowest BCUT2D eigenvalue weighted by molar-refractivity contribution is -0.115. The molecule has 0 saturated carbocycles. The number of amides is 1. The van der Waals surface area contributed by atoms with E-state index in [9.17, 15) is 4.79 Å². The Labute approximate surface area is 125 Å². The molecule has 0 atom stereocenters. The highest BCUT2D eigenvalue weighted by molar-refractivity contribution is 5.91. The molecule has 2 aromatic rings. The highest BCUT2D eigenvalue weighted by atomic mass is 16.5. The third-order valence-electron chi connectivity index (χ3n) is 3.07. The second-order valence-electron chi connectivity index (χ2n) is 4.82. The van der Waals surface area contributed by atoms with Crippen LogP contribution in [-0.4, -0.2) is 19.6 Å². The molecule has 0 heterocycles. The standard InChI is InChI=1S/C17H20N2O2/c1-13-4-3-5-15(12-13)18-11-10-17(20)19-14-6-8-16(21-2)9-7-14/h3-9,12,18H,10-11H2,1-2H3,(H,19,20). The predicted molar refractivity (Wildman–Crippen MR) is 85.9 cm³/mol. The Morgan fingerprint density at radius 3 is 2.52 bits per heavy atom.